The van der Waals surface area contributed by atoms with Gasteiger partial charge in [0.1, 0.15) is 6.20 Å². The van der Waals surface area contributed by atoms with E-state index >= 15 is 0 Å². The van der Waals surface area contributed by atoms with Gasteiger partial charge in [-0.15, -0.1) is 0 Å². The number of unbranched alkanes of at least 4 members (excludes halogenated alkanes) is 11. The molecule has 0 fully saturated rings. The zero-order chi connectivity index (χ0) is 19.8. The third kappa shape index (κ3) is 9.30. The average Bonchev–Trinajstić information content (AvgIpc) is 3.09. The normalized spacial score (nSPS) is 23.2. The van der Waals surface area contributed by atoms with Crippen LogP contribution in [0.4, 0.5) is 0 Å². The van der Waals surface area contributed by atoms with Gasteiger partial charge in [0.05, 0.1) is 12.7 Å². The van der Waals surface area contributed by atoms with E-state index in [4.69, 9.17) is 0 Å². The van der Waals surface area contributed by atoms with Crippen molar-refractivity contribution in [3.8, 4) is 0 Å². The van der Waals surface area contributed by atoms with Gasteiger partial charge < -0.3 is 10.4 Å². The molecule has 0 aromatic rings. The van der Waals surface area contributed by atoms with Gasteiger partial charge in [-0.3, -0.25) is 4.48 Å². The van der Waals surface area contributed by atoms with Gasteiger partial charge in [0.25, 0.3) is 0 Å². The summed E-state index contributed by atoms with van der Waals surface area (Å²) in [6.45, 7) is 7.26. The summed E-state index contributed by atoms with van der Waals surface area (Å²) in [6.07, 6.45) is 27.6. The van der Waals surface area contributed by atoms with E-state index < -0.39 is 0 Å². The smallest absolute Gasteiger partial charge is 0.193 e. The van der Waals surface area contributed by atoms with E-state index in [0.717, 1.165) is 13.0 Å². The lowest BCUT2D eigenvalue weighted by Gasteiger charge is -2.39. The maximum Gasteiger partial charge on any atom is 0.193 e. The Morgan fingerprint density at radius 3 is 2.00 bits per heavy atom. The van der Waals surface area contributed by atoms with E-state index in [1.165, 1.54) is 83.5 Å². The summed E-state index contributed by atoms with van der Waals surface area (Å²) in [5.41, 5.74) is 0. The molecule has 0 radical (unpaired) electrons. The molecule has 2 N–H and O–H groups in total. The van der Waals surface area contributed by atoms with Crippen LogP contribution in [0.25, 0.3) is 0 Å². The van der Waals surface area contributed by atoms with E-state index in [1.807, 2.05) is 13.1 Å². The van der Waals surface area contributed by atoms with Crippen LogP contribution >= 0.6 is 0 Å². The van der Waals surface area contributed by atoms with Crippen molar-refractivity contribution >= 4 is 0 Å². The first-order valence-corrected chi connectivity index (χ1v) is 11.8. The molecule has 1 rings (SSSR count). The molecule has 1 aliphatic rings. The Morgan fingerprint density at radius 2 is 1.44 bits per heavy atom. The summed E-state index contributed by atoms with van der Waals surface area (Å²) < 4.78 is 0.675. The maximum atomic E-state index is 10.2. The minimum Gasteiger partial charge on any atom is -0.345 e. The van der Waals surface area contributed by atoms with Crippen LogP contribution < -0.4 is 5.32 Å². The number of hydrogen-bond acceptors (Lipinski definition) is 2. The first-order chi connectivity index (χ1) is 13.2. The van der Waals surface area contributed by atoms with Gasteiger partial charge in [-0.05, 0) is 32.6 Å². The summed E-state index contributed by atoms with van der Waals surface area (Å²) in [5, 5.41) is 13.6. The first-order valence-electron chi connectivity index (χ1n) is 11.8. The van der Waals surface area contributed by atoms with Crippen LogP contribution in [0.2, 0.25) is 0 Å². The topological polar surface area (TPSA) is 32.3 Å². The van der Waals surface area contributed by atoms with Crippen molar-refractivity contribution in [1.82, 2.24) is 5.32 Å². The van der Waals surface area contributed by atoms with Gasteiger partial charge in [-0.1, -0.05) is 76.9 Å². The Bertz CT molecular complexity index is 405. The third-order valence-corrected chi connectivity index (χ3v) is 6.18. The summed E-state index contributed by atoms with van der Waals surface area (Å²) >= 11 is 0. The van der Waals surface area contributed by atoms with Gasteiger partial charge >= 0.3 is 0 Å². The molecule has 0 saturated heterocycles. The van der Waals surface area contributed by atoms with E-state index in [1.54, 1.807) is 0 Å². The summed E-state index contributed by atoms with van der Waals surface area (Å²) in [4.78, 5) is 0. The molecule has 0 aromatic heterocycles. The molecule has 0 spiro atoms. The highest BCUT2D eigenvalue weighted by Gasteiger charge is 2.40. The van der Waals surface area contributed by atoms with Crippen LogP contribution in [0.15, 0.2) is 24.6 Å². The number of aliphatic hydroxyl groups is 1. The molecule has 0 aromatic carbocycles. The number of quaternary nitrogens is 1. The van der Waals surface area contributed by atoms with Crippen LogP contribution in [0.1, 0.15) is 111 Å². The highest BCUT2D eigenvalue weighted by Crippen LogP contribution is 2.25. The van der Waals surface area contributed by atoms with Gasteiger partial charge in [0, 0.05) is 13.3 Å². The maximum absolute atomic E-state index is 10.2. The predicted octanol–water partition coefficient (Wildman–Crippen LogP) is 6.60. The molecule has 3 nitrogen and oxygen atoms in total. The summed E-state index contributed by atoms with van der Waals surface area (Å²) in [7, 11) is 0. The van der Waals surface area contributed by atoms with Crippen LogP contribution in [0.3, 0.4) is 0 Å². The Morgan fingerprint density at radius 1 is 0.889 bits per heavy atom. The van der Waals surface area contributed by atoms with Crippen LogP contribution in [-0.2, 0) is 0 Å². The number of rotatable bonds is 17. The lowest BCUT2D eigenvalue weighted by molar-refractivity contribution is -0.942. The molecule has 3 atom stereocenters. The number of allylic oxidation sites excluding steroid dienone is 2. The molecule has 3 unspecified atom stereocenters. The van der Waals surface area contributed by atoms with E-state index in [-0.39, 0.29) is 6.23 Å². The largest absolute Gasteiger partial charge is 0.345 e. The molecular formula is C24H47N2O+. The fraction of sp³-hybridized carbons (Fsp3) is 0.833. The quantitative estimate of drug-likeness (QED) is 0.169. The number of hydrogen-bond donors (Lipinski definition) is 2. The molecule has 1 aliphatic heterocycles. The molecular weight excluding hydrogens is 332 g/mol. The third-order valence-electron chi connectivity index (χ3n) is 6.18. The van der Waals surface area contributed by atoms with Crippen molar-refractivity contribution in [2.45, 2.75) is 123 Å². The first kappa shape index (κ1) is 24.2. The van der Waals surface area contributed by atoms with E-state index in [2.05, 4.69) is 37.5 Å². The number of nitrogens with one attached hydrogen (secondary N) is 1. The standard InChI is InChI=1S/C24H47N2O/c1-4-6-7-8-9-10-11-12-13-14-15-16-17-18-19-20-24-25-21-22-26(24,5-2)23(3)27/h7-8,21-25,27H,4-6,9-20H2,1-3H3/q+1/b8-7+. The van der Waals surface area contributed by atoms with Gasteiger partial charge in [0.15, 0.2) is 12.4 Å². The second-order valence-electron chi connectivity index (χ2n) is 8.31. The van der Waals surface area contributed by atoms with Crippen LogP contribution in [0.5, 0.6) is 0 Å². The van der Waals surface area contributed by atoms with Gasteiger partial charge in [-0.2, -0.15) is 0 Å². The van der Waals surface area contributed by atoms with Crippen molar-refractivity contribution < 1.29 is 9.59 Å². The molecule has 0 saturated carbocycles. The minimum absolute atomic E-state index is 0.335. The lowest BCUT2D eigenvalue weighted by Crippen LogP contribution is -2.57. The Hall–Kier alpha value is -0.800. The molecule has 1 heterocycles. The fourth-order valence-corrected chi connectivity index (χ4v) is 4.25. The Balaban J connectivity index is 1.91. The summed E-state index contributed by atoms with van der Waals surface area (Å²) in [6, 6.07) is 0. The number of aliphatic hydroxyl groups excluding tert-OH is 1. The molecule has 3 heteroatoms. The van der Waals surface area contributed by atoms with Crippen LogP contribution in [-0.4, -0.2) is 28.5 Å². The average molecular weight is 380 g/mol. The second kappa shape index (κ2) is 15.2. The monoisotopic (exact) mass is 379 g/mol. The minimum atomic E-state index is -0.335. The van der Waals surface area contributed by atoms with Gasteiger partial charge in [-0.25, -0.2) is 0 Å². The molecule has 0 aliphatic carbocycles. The Kier molecular flexibility index (Phi) is 13.6. The highest BCUT2D eigenvalue weighted by atomic mass is 16.3. The molecule has 0 bridgehead atoms. The molecule has 158 valence electrons. The summed E-state index contributed by atoms with van der Waals surface area (Å²) in [5.74, 6) is 0. The van der Waals surface area contributed by atoms with Crippen molar-refractivity contribution in [3.05, 3.63) is 24.6 Å². The number of nitrogens with zero attached hydrogens (tertiary/aromatic N) is 1. The Labute approximate surface area is 169 Å². The van der Waals surface area contributed by atoms with E-state index in [9.17, 15) is 5.11 Å². The lowest BCUT2D eigenvalue weighted by atomic mass is 10.0. The molecule has 0 amide bonds. The van der Waals surface area contributed by atoms with E-state index in [0.29, 0.717) is 10.6 Å². The van der Waals surface area contributed by atoms with Crippen molar-refractivity contribution in [2.75, 3.05) is 6.54 Å². The zero-order valence-corrected chi connectivity index (χ0v) is 18.5. The highest BCUT2D eigenvalue weighted by molar-refractivity contribution is 4.84. The van der Waals surface area contributed by atoms with Gasteiger partial charge in [0.2, 0.25) is 0 Å². The second-order valence-corrected chi connectivity index (χ2v) is 8.31. The molecule has 27 heavy (non-hydrogen) atoms. The predicted molar refractivity (Wildman–Crippen MR) is 118 cm³/mol. The van der Waals surface area contributed by atoms with Crippen molar-refractivity contribution in [1.29, 1.82) is 0 Å². The SMILES string of the molecule is CCC/C=C/CCCCCCCCCCCCC1NC=C[N+]1(CC)C(C)O. The van der Waals surface area contributed by atoms with Crippen LogP contribution in [0, 0.1) is 0 Å². The van der Waals surface area contributed by atoms with Crippen molar-refractivity contribution in [2.24, 2.45) is 0 Å². The fourth-order valence-electron chi connectivity index (χ4n) is 4.25. The zero-order valence-electron chi connectivity index (χ0n) is 18.5. The van der Waals surface area contributed by atoms with Crippen molar-refractivity contribution in [3.63, 3.8) is 0 Å².